The second kappa shape index (κ2) is 15.7. The molecule has 0 saturated heterocycles. The minimum atomic E-state index is 0. The monoisotopic (exact) mass is 323 g/mol. The molecule has 0 aromatic carbocycles. The molecule has 0 heterocycles. The summed E-state index contributed by atoms with van der Waals surface area (Å²) in [5.74, 6) is 0. The van der Waals surface area contributed by atoms with Crippen LogP contribution < -0.4 is 0 Å². The van der Waals surface area contributed by atoms with E-state index >= 15 is 0 Å². The summed E-state index contributed by atoms with van der Waals surface area (Å²) in [6, 6.07) is 0. The van der Waals surface area contributed by atoms with Gasteiger partial charge in [-0.3, -0.25) is 0 Å². The van der Waals surface area contributed by atoms with Crippen LogP contribution >= 0.6 is 0 Å². The zero-order valence-corrected chi connectivity index (χ0v) is 11.3. The van der Waals surface area contributed by atoms with E-state index in [1.165, 1.54) is 0 Å². The molecular formula is H2CaCeNbTi. The maximum Gasteiger partial charge on any atom is 2.00 e. The van der Waals surface area contributed by atoms with Gasteiger partial charge in [0.25, 0.3) is 0 Å². The van der Waals surface area contributed by atoms with Gasteiger partial charge in [0.15, 0.2) is 0 Å². The molecule has 4 heavy (non-hydrogen) atoms. The molecule has 0 amide bonds. The first-order chi connectivity index (χ1) is 0. The number of rotatable bonds is 0. The molecule has 17 valence electrons. The third-order valence-electron chi connectivity index (χ3n) is 0. The molecule has 0 aliphatic rings. The van der Waals surface area contributed by atoms with Gasteiger partial charge in [-0.05, 0) is 0 Å². The molecule has 0 fully saturated rings. The van der Waals surface area contributed by atoms with Gasteiger partial charge in [-0.2, -0.15) is 0 Å². The van der Waals surface area contributed by atoms with E-state index in [2.05, 4.69) is 0 Å². The molecule has 0 aromatic heterocycles. The summed E-state index contributed by atoms with van der Waals surface area (Å²) in [5, 5.41) is 0. The molecule has 0 nitrogen and oxygen atoms in total. The van der Waals surface area contributed by atoms with Gasteiger partial charge in [0.2, 0.25) is 0 Å². The summed E-state index contributed by atoms with van der Waals surface area (Å²) in [6.45, 7) is 0. The van der Waals surface area contributed by atoms with Crippen molar-refractivity contribution in [3.05, 3.63) is 0 Å². The molecule has 0 unspecified atom stereocenters. The zero-order valence-electron chi connectivity index (χ0n) is 4.15. The van der Waals surface area contributed by atoms with Crippen LogP contribution in [0.15, 0.2) is 0 Å². The van der Waals surface area contributed by atoms with E-state index in [1.807, 2.05) is 0 Å². The fourth-order valence-electron chi connectivity index (χ4n) is 0. The van der Waals surface area contributed by atoms with E-state index in [9.17, 15) is 0 Å². The molecule has 0 spiro atoms. The van der Waals surface area contributed by atoms with E-state index in [0.717, 1.165) is 0 Å². The van der Waals surface area contributed by atoms with Crippen LogP contribution in [0.4, 0.5) is 0 Å². The van der Waals surface area contributed by atoms with Crippen molar-refractivity contribution in [3.8, 4) is 0 Å². The molecule has 0 saturated carbocycles. The van der Waals surface area contributed by atoms with Crippen LogP contribution in [0, 0.1) is 41.7 Å². The molecule has 0 atom stereocenters. The predicted octanol–water partition coefficient (Wildman–Crippen LogP) is -0.161. The zero-order chi connectivity index (χ0) is 0. The Hall–Kier alpha value is 4.09. The van der Waals surface area contributed by atoms with Gasteiger partial charge in [0, 0.05) is 85.8 Å². The van der Waals surface area contributed by atoms with E-state index in [1.54, 1.807) is 0 Å². The third-order valence-corrected chi connectivity index (χ3v) is 0. The van der Waals surface area contributed by atoms with Gasteiger partial charge in [-0.15, -0.1) is 0 Å². The Morgan fingerprint density at radius 2 is 1.25 bits per heavy atom. The first-order valence-corrected chi connectivity index (χ1v) is 0. The van der Waals surface area contributed by atoms with Crippen LogP contribution in [-0.2, 0) is 44.1 Å². The summed E-state index contributed by atoms with van der Waals surface area (Å²) < 4.78 is 0. The standard InChI is InChI=1S/Ca.Ce.Nb.Ti.2H/q+2;;;;2*-1. The van der Waals surface area contributed by atoms with Gasteiger partial charge in [0.1, 0.15) is 0 Å². The van der Waals surface area contributed by atoms with Crippen molar-refractivity contribution in [1.29, 1.82) is 0 Å². The van der Waals surface area contributed by atoms with Crippen molar-refractivity contribution in [1.82, 2.24) is 0 Å². The Labute approximate surface area is 123 Å². The first-order valence-electron chi connectivity index (χ1n) is 0. The second-order valence-electron chi connectivity index (χ2n) is 0. The Bertz CT molecular complexity index is 13.5. The smallest absolute Gasteiger partial charge is 1.00 e. The molecule has 4 heteroatoms. The van der Waals surface area contributed by atoms with Crippen molar-refractivity contribution in [2.75, 3.05) is 0 Å². The van der Waals surface area contributed by atoms with Crippen molar-refractivity contribution in [2.24, 2.45) is 0 Å². The van der Waals surface area contributed by atoms with Gasteiger partial charge in [-0.1, -0.05) is 0 Å². The molecule has 1 radical (unpaired) electrons. The quantitative estimate of drug-likeness (QED) is 0.544. The van der Waals surface area contributed by atoms with Gasteiger partial charge in [0.05, 0.1) is 0 Å². The SMILES string of the molecule is [Ca+2].[Ce].[H-].[H-].[Nb].[Ti]. The summed E-state index contributed by atoms with van der Waals surface area (Å²) in [4.78, 5) is 0. The Balaban J connectivity index is 0. The average Bonchev–Trinajstić information content (AvgIpc) is 0. The number of hydrogen-bond donors (Lipinski definition) is 0. The van der Waals surface area contributed by atoms with Crippen molar-refractivity contribution >= 4 is 37.7 Å². The van der Waals surface area contributed by atoms with Crippen LogP contribution in [0.5, 0.6) is 0 Å². The minimum absolute atomic E-state index is 0. The molecule has 0 bridgehead atoms. The number of hydrogen-bond acceptors (Lipinski definition) is 0. The molecule has 0 rings (SSSR count). The summed E-state index contributed by atoms with van der Waals surface area (Å²) >= 11 is 0. The van der Waals surface area contributed by atoms with Gasteiger partial charge < -0.3 is 2.85 Å². The van der Waals surface area contributed by atoms with Crippen LogP contribution in [-0.4, -0.2) is 37.7 Å². The fraction of sp³-hybridized carbons (Fsp3) is 0. The Morgan fingerprint density at radius 1 is 1.25 bits per heavy atom. The second-order valence-corrected chi connectivity index (χ2v) is 0. The maximum absolute atomic E-state index is 0. The normalized spacial score (nSPS) is 0. The largest absolute Gasteiger partial charge is 2.00 e. The van der Waals surface area contributed by atoms with E-state index in [-0.39, 0.29) is 126 Å². The van der Waals surface area contributed by atoms with Crippen molar-refractivity contribution in [2.45, 2.75) is 0 Å². The minimum Gasteiger partial charge on any atom is -1.00 e. The molecular weight excluding hydrogens is 321 g/mol. The molecule has 0 aromatic rings. The van der Waals surface area contributed by atoms with Crippen LogP contribution in [0.3, 0.4) is 0 Å². The van der Waals surface area contributed by atoms with Crippen LogP contribution in [0.2, 0.25) is 0 Å². The summed E-state index contributed by atoms with van der Waals surface area (Å²) in [5.41, 5.74) is 0. The van der Waals surface area contributed by atoms with E-state index < -0.39 is 0 Å². The maximum atomic E-state index is 0. The van der Waals surface area contributed by atoms with Crippen LogP contribution in [0.1, 0.15) is 2.85 Å². The predicted molar refractivity (Wildman–Crippen MR) is 7.98 cm³/mol. The summed E-state index contributed by atoms with van der Waals surface area (Å²) in [7, 11) is 0. The van der Waals surface area contributed by atoms with Crippen molar-refractivity contribution in [3.63, 3.8) is 0 Å². The van der Waals surface area contributed by atoms with E-state index in [0.29, 0.717) is 0 Å². The van der Waals surface area contributed by atoms with Crippen LogP contribution in [0.25, 0.3) is 0 Å². The molecule has 0 aliphatic heterocycles. The van der Waals surface area contributed by atoms with E-state index in [4.69, 9.17) is 0 Å². The average molecular weight is 323 g/mol. The van der Waals surface area contributed by atoms with Gasteiger partial charge >= 0.3 is 37.7 Å². The summed E-state index contributed by atoms with van der Waals surface area (Å²) in [6.07, 6.45) is 0. The Kier molecular flexibility index (Phi) is 95.5. The molecule has 0 aliphatic carbocycles. The Morgan fingerprint density at radius 3 is 1.25 bits per heavy atom. The van der Waals surface area contributed by atoms with Crippen molar-refractivity contribution < 1.29 is 88.7 Å². The molecule has 0 N–H and O–H groups in total. The topological polar surface area (TPSA) is 0 Å². The third kappa shape index (κ3) is 9.43. The van der Waals surface area contributed by atoms with Gasteiger partial charge in [-0.25, -0.2) is 0 Å². The first kappa shape index (κ1) is 24.3. The fourth-order valence-corrected chi connectivity index (χ4v) is 0.